The van der Waals surface area contributed by atoms with Crippen molar-refractivity contribution in [3.63, 3.8) is 0 Å². The minimum Gasteiger partial charge on any atom is -0.309 e. The molecule has 0 N–H and O–H groups in total. The maximum Gasteiger partial charge on any atom is 0.235 e. The molecule has 13 rings (SSSR count). The Hall–Kier alpha value is -8.34. The van der Waals surface area contributed by atoms with Crippen LogP contribution in [0.3, 0.4) is 0 Å². The van der Waals surface area contributed by atoms with Gasteiger partial charge >= 0.3 is 0 Å². The quantitative estimate of drug-likeness (QED) is 0.174. The largest absolute Gasteiger partial charge is 0.309 e. The SMILES string of the molecule is c1ccc(-c2ccc(-n3c4ccccc4c4cc(-c5c6ccccc6cc6c7c8ccccc8ccc7n(-c7nc(-c8ccccc8)c8ccccc8n7)c56)ccc43)cc2)cc1. The fraction of sp³-hybridized carbons (Fsp3) is 0. The van der Waals surface area contributed by atoms with Crippen LogP contribution >= 0.6 is 0 Å². The average Bonchev–Trinajstić information content (AvgIpc) is 3.86. The summed E-state index contributed by atoms with van der Waals surface area (Å²) in [6.07, 6.45) is 0. The van der Waals surface area contributed by atoms with E-state index >= 15 is 0 Å². The van der Waals surface area contributed by atoms with E-state index in [1.165, 1.54) is 59.7 Å². The topological polar surface area (TPSA) is 35.6 Å². The fourth-order valence-electron chi connectivity index (χ4n) is 9.93. The van der Waals surface area contributed by atoms with Gasteiger partial charge in [0.1, 0.15) is 0 Å². The van der Waals surface area contributed by atoms with Crippen LogP contribution in [0.25, 0.3) is 121 Å². The number of nitrogens with zero attached hydrogens (tertiary/aromatic N) is 4. The van der Waals surface area contributed by atoms with Gasteiger partial charge in [-0.25, -0.2) is 9.97 Å². The fourth-order valence-corrected chi connectivity index (χ4v) is 9.93. The Morgan fingerprint density at radius 1 is 0.323 bits per heavy atom. The molecule has 0 radical (unpaired) electrons. The summed E-state index contributed by atoms with van der Waals surface area (Å²) in [5.74, 6) is 0.644. The third kappa shape index (κ3) is 5.20. The summed E-state index contributed by atoms with van der Waals surface area (Å²) in [7, 11) is 0. The number of aromatic nitrogens is 4. The zero-order valence-corrected chi connectivity index (χ0v) is 33.6. The standard InChI is InChI=1S/C58H36N4/c1-3-15-37(16-4-1)38-27-31-43(32-28-38)61-51-26-14-12-23-46(51)48-36-42(30-33-52(48)61)54-45-22-10-8-20-41(45)35-49-55-44-21-9-7-17-39(44)29-34-53(55)62(57(49)54)58-59-50-25-13-11-24-47(50)56(60-58)40-18-5-2-6-19-40/h1-36H. The van der Waals surface area contributed by atoms with Crippen molar-refractivity contribution in [1.82, 2.24) is 19.1 Å². The van der Waals surface area contributed by atoms with E-state index in [2.05, 4.69) is 228 Å². The third-order valence-electron chi connectivity index (χ3n) is 12.7. The average molecular weight is 789 g/mol. The molecule has 13 aromatic rings. The monoisotopic (exact) mass is 788 g/mol. The van der Waals surface area contributed by atoms with Gasteiger partial charge in [-0.1, -0.05) is 170 Å². The molecule has 3 heterocycles. The lowest BCUT2D eigenvalue weighted by molar-refractivity contribution is 1.01. The number of benzene rings is 10. The van der Waals surface area contributed by atoms with E-state index in [9.17, 15) is 0 Å². The molecule has 0 bridgehead atoms. The van der Waals surface area contributed by atoms with Crippen LogP contribution < -0.4 is 0 Å². The van der Waals surface area contributed by atoms with Gasteiger partial charge in [0.05, 0.1) is 33.3 Å². The Morgan fingerprint density at radius 3 is 1.73 bits per heavy atom. The Kier molecular flexibility index (Phi) is 7.57. The van der Waals surface area contributed by atoms with Crippen molar-refractivity contribution in [2.75, 3.05) is 0 Å². The zero-order chi connectivity index (χ0) is 40.7. The van der Waals surface area contributed by atoms with Crippen LogP contribution in [-0.2, 0) is 0 Å². The molecule has 0 aliphatic heterocycles. The first-order chi connectivity index (χ1) is 30.8. The molecule has 0 aliphatic rings. The second kappa shape index (κ2) is 13.6. The zero-order valence-electron chi connectivity index (χ0n) is 33.6. The molecule has 0 unspecified atom stereocenters. The molecule has 288 valence electrons. The van der Waals surface area contributed by atoms with Gasteiger partial charge in [0, 0.05) is 43.7 Å². The molecule has 0 fully saturated rings. The molecule has 0 amide bonds. The van der Waals surface area contributed by atoms with Gasteiger partial charge in [-0.3, -0.25) is 4.57 Å². The van der Waals surface area contributed by atoms with Gasteiger partial charge in [-0.2, -0.15) is 0 Å². The first-order valence-corrected chi connectivity index (χ1v) is 21.2. The van der Waals surface area contributed by atoms with E-state index in [1.54, 1.807) is 0 Å². The Bertz CT molecular complexity index is 3900. The van der Waals surface area contributed by atoms with Crippen LogP contribution in [0.5, 0.6) is 0 Å². The van der Waals surface area contributed by atoms with Crippen molar-refractivity contribution in [2.24, 2.45) is 0 Å². The molecule has 10 aromatic carbocycles. The second-order valence-corrected chi connectivity index (χ2v) is 16.1. The van der Waals surface area contributed by atoms with Gasteiger partial charge < -0.3 is 4.57 Å². The molecule has 0 saturated heterocycles. The highest BCUT2D eigenvalue weighted by Gasteiger charge is 2.24. The van der Waals surface area contributed by atoms with Gasteiger partial charge in [0.15, 0.2) is 0 Å². The number of rotatable bonds is 5. The van der Waals surface area contributed by atoms with E-state index in [0.717, 1.165) is 55.5 Å². The number of hydrogen-bond acceptors (Lipinski definition) is 2. The van der Waals surface area contributed by atoms with Crippen LogP contribution in [0.1, 0.15) is 0 Å². The molecule has 62 heavy (non-hydrogen) atoms. The molecule has 4 nitrogen and oxygen atoms in total. The number of para-hydroxylation sites is 2. The van der Waals surface area contributed by atoms with Crippen LogP contribution in [0.2, 0.25) is 0 Å². The predicted molar refractivity (Wildman–Crippen MR) is 260 cm³/mol. The van der Waals surface area contributed by atoms with Gasteiger partial charge in [-0.15, -0.1) is 0 Å². The van der Waals surface area contributed by atoms with E-state index in [4.69, 9.17) is 9.97 Å². The molecule has 4 heteroatoms. The lowest BCUT2D eigenvalue weighted by Gasteiger charge is -2.15. The summed E-state index contributed by atoms with van der Waals surface area (Å²) in [5, 5.41) is 10.6. The predicted octanol–water partition coefficient (Wildman–Crippen LogP) is 15.1. The summed E-state index contributed by atoms with van der Waals surface area (Å²) >= 11 is 0. The van der Waals surface area contributed by atoms with Crippen molar-refractivity contribution in [3.05, 3.63) is 218 Å². The minimum absolute atomic E-state index is 0.644. The smallest absolute Gasteiger partial charge is 0.235 e. The maximum absolute atomic E-state index is 5.51. The van der Waals surface area contributed by atoms with Crippen LogP contribution in [-0.4, -0.2) is 19.1 Å². The lowest BCUT2D eigenvalue weighted by Crippen LogP contribution is -2.04. The van der Waals surface area contributed by atoms with Gasteiger partial charge in [0.2, 0.25) is 5.95 Å². The normalized spacial score (nSPS) is 11.9. The maximum atomic E-state index is 5.51. The molecule has 0 aliphatic carbocycles. The van der Waals surface area contributed by atoms with Crippen LogP contribution in [0.15, 0.2) is 218 Å². The van der Waals surface area contributed by atoms with Crippen molar-refractivity contribution in [2.45, 2.75) is 0 Å². The first kappa shape index (κ1) is 34.5. The summed E-state index contributed by atoms with van der Waals surface area (Å²) in [6.45, 7) is 0. The van der Waals surface area contributed by atoms with Crippen molar-refractivity contribution < 1.29 is 0 Å². The van der Waals surface area contributed by atoms with Crippen molar-refractivity contribution >= 4 is 76.1 Å². The first-order valence-electron chi connectivity index (χ1n) is 21.2. The van der Waals surface area contributed by atoms with E-state index in [1.807, 2.05) is 0 Å². The lowest BCUT2D eigenvalue weighted by atomic mass is 9.93. The van der Waals surface area contributed by atoms with Crippen molar-refractivity contribution in [1.29, 1.82) is 0 Å². The Morgan fingerprint density at radius 2 is 0.919 bits per heavy atom. The Balaban J connectivity index is 1.13. The van der Waals surface area contributed by atoms with Crippen LogP contribution in [0.4, 0.5) is 0 Å². The van der Waals surface area contributed by atoms with E-state index < -0.39 is 0 Å². The van der Waals surface area contributed by atoms with Gasteiger partial charge in [-0.05, 0) is 86.8 Å². The van der Waals surface area contributed by atoms with Crippen molar-refractivity contribution in [3.8, 4) is 45.1 Å². The second-order valence-electron chi connectivity index (χ2n) is 16.1. The number of fused-ring (bicyclic) bond motifs is 10. The minimum atomic E-state index is 0.644. The summed E-state index contributed by atoms with van der Waals surface area (Å²) in [6, 6.07) is 78.6. The summed E-state index contributed by atoms with van der Waals surface area (Å²) < 4.78 is 4.73. The molecular formula is C58H36N4. The van der Waals surface area contributed by atoms with Crippen LogP contribution in [0, 0.1) is 0 Å². The highest BCUT2D eigenvalue weighted by molar-refractivity contribution is 6.27. The third-order valence-corrected chi connectivity index (χ3v) is 12.7. The van der Waals surface area contributed by atoms with E-state index in [-0.39, 0.29) is 0 Å². The summed E-state index contributed by atoms with van der Waals surface area (Å²) in [4.78, 5) is 10.9. The Labute approximate surface area is 357 Å². The highest BCUT2D eigenvalue weighted by Crippen LogP contribution is 2.46. The molecular weight excluding hydrogens is 753 g/mol. The molecule has 0 spiro atoms. The molecule has 3 aromatic heterocycles. The van der Waals surface area contributed by atoms with E-state index in [0.29, 0.717) is 5.95 Å². The van der Waals surface area contributed by atoms with Gasteiger partial charge in [0.25, 0.3) is 0 Å². The highest BCUT2D eigenvalue weighted by atomic mass is 15.2. The molecule has 0 saturated carbocycles. The molecule has 0 atom stereocenters. The number of hydrogen-bond donors (Lipinski definition) is 0. The summed E-state index contributed by atoms with van der Waals surface area (Å²) in [5.41, 5.74) is 13.2.